The summed E-state index contributed by atoms with van der Waals surface area (Å²) < 4.78 is 0. The first-order valence-corrected chi connectivity index (χ1v) is 7.35. The Hall–Kier alpha value is -3.79. The van der Waals surface area contributed by atoms with E-state index in [-0.39, 0.29) is 22.6 Å². The van der Waals surface area contributed by atoms with Gasteiger partial charge in [-0.15, -0.1) is 0 Å². The normalized spacial score (nSPS) is 17.0. The molecule has 0 amide bonds. The van der Waals surface area contributed by atoms with Crippen molar-refractivity contribution in [3.05, 3.63) is 80.0 Å². The number of carbonyl (C=O) groups excluding carboxylic acids is 1. The summed E-state index contributed by atoms with van der Waals surface area (Å²) in [4.78, 5) is 32.7. The van der Waals surface area contributed by atoms with Gasteiger partial charge in [-0.2, -0.15) is 0 Å². The Morgan fingerprint density at radius 1 is 1.04 bits per heavy atom. The van der Waals surface area contributed by atoms with Crippen molar-refractivity contribution in [2.45, 2.75) is 6.23 Å². The molecule has 0 saturated carbocycles. The van der Waals surface area contributed by atoms with Gasteiger partial charge in [0.2, 0.25) is 0 Å². The Labute approximate surface area is 146 Å². The van der Waals surface area contributed by atoms with Crippen LogP contribution in [0.15, 0.2) is 54.2 Å². The molecule has 1 atom stereocenters. The lowest BCUT2D eigenvalue weighted by molar-refractivity contribution is -0.385. The molecule has 0 unspecified atom stereocenters. The Morgan fingerprint density at radius 3 is 2.42 bits per heavy atom. The molecule has 10 nitrogen and oxygen atoms in total. The summed E-state index contributed by atoms with van der Waals surface area (Å²) >= 11 is 0. The second-order valence-corrected chi connectivity index (χ2v) is 5.43. The largest absolute Gasteiger partial charge is 0.368 e. The molecule has 2 aromatic rings. The molecule has 0 spiro atoms. The molecule has 10 heteroatoms. The highest BCUT2D eigenvalue weighted by Crippen LogP contribution is 2.32. The molecule has 3 rings (SSSR count). The average Bonchev–Trinajstić information content (AvgIpc) is 2.61. The van der Waals surface area contributed by atoms with Gasteiger partial charge >= 0.3 is 0 Å². The maximum absolute atomic E-state index is 12.3. The van der Waals surface area contributed by atoms with Gasteiger partial charge in [0.1, 0.15) is 0 Å². The van der Waals surface area contributed by atoms with E-state index in [1.807, 2.05) is 0 Å². The number of aliphatic hydroxyl groups is 1. The van der Waals surface area contributed by atoms with E-state index in [0.717, 1.165) is 12.1 Å². The minimum absolute atomic E-state index is 0.0928. The van der Waals surface area contributed by atoms with Crippen LogP contribution in [0.3, 0.4) is 0 Å². The zero-order chi connectivity index (χ0) is 18.8. The number of hydrogen-bond acceptors (Lipinski definition) is 8. The molecule has 2 aromatic carbocycles. The van der Waals surface area contributed by atoms with Gasteiger partial charge in [0.25, 0.3) is 11.4 Å². The maximum Gasteiger partial charge on any atom is 0.271 e. The molecule has 0 bridgehead atoms. The fourth-order valence-corrected chi connectivity index (χ4v) is 2.44. The number of carbonyl (C=O) groups is 1. The van der Waals surface area contributed by atoms with Gasteiger partial charge < -0.3 is 15.7 Å². The number of nitrogens with one attached hydrogen (secondary N) is 2. The fraction of sp³-hybridized carbons (Fsp3) is 0.0625. The number of fused-ring (bicyclic) bond motifs is 1. The molecule has 0 aliphatic carbocycles. The van der Waals surface area contributed by atoms with Gasteiger partial charge in [-0.05, 0) is 6.07 Å². The number of anilines is 2. The van der Waals surface area contributed by atoms with E-state index < -0.39 is 21.9 Å². The monoisotopic (exact) mass is 356 g/mol. The number of nitro benzene ring substituents is 2. The number of allylic oxidation sites excluding steroid dienone is 1. The summed E-state index contributed by atoms with van der Waals surface area (Å²) in [6.45, 7) is 0. The van der Waals surface area contributed by atoms with E-state index in [4.69, 9.17) is 0 Å². The minimum Gasteiger partial charge on any atom is -0.368 e. The summed E-state index contributed by atoms with van der Waals surface area (Å²) in [5, 5.41) is 37.2. The highest BCUT2D eigenvalue weighted by molar-refractivity contribution is 6.05. The van der Waals surface area contributed by atoms with Crippen LogP contribution in [0.5, 0.6) is 0 Å². The van der Waals surface area contributed by atoms with Gasteiger partial charge in [0.15, 0.2) is 12.0 Å². The van der Waals surface area contributed by atoms with E-state index in [2.05, 4.69) is 10.6 Å². The summed E-state index contributed by atoms with van der Waals surface area (Å²) in [7, 11) is 0. The number of nitro groups is 2. The molecule has 0 fully saturated rings. The Balaban J connectivity index is 1.87. The number of aliphatic hydroxyl groups excluding tert-OH is 1. The highest BCUT2D eigenvalue weighted by atomic mass is 16.6. The third kappa shape index (κ3) is 3.35. The molecule has 132 valence electrons. The number of hydrogen-bond donors (Lipinski definition) is 3. The van der Waals surface area contributed by atoms with Crippen LogP contribution in [0, 0.1) is 20.2 Å². The maximum atomic E-state index is 12.3. The van der Waals surface area contributed by atoms with Gasteiger partial charge in [0, 0.05) is 35.9 Å². The van der Waals surface area contributed by atoms with E-state index in [1.165, 1.54) is 36.4 Å². The van der Waals surface area contributed by atoms with Gasteiger partial charge in [-0.1, -0.05) is 12.1 Å². The van der Waals surface area contributed by atoms with Gasteiger partial charge in [-0.3, -0.25) is 25.0 Å². The molecule has 0 saturated heterocycles. The Morgan fingerprint density at radius 2 is 1.73 bits per heavy atom. The topological polar surface area (TPSA) is 148 Å². The lowest BCUT2D eigenvalue weighted by Crippen LogP contribution is -2.31. The molecule has 1 aliphatic rings. The zero-order valence-electron chi connectivity index (χ0n) is 13.1. The first-order chi connectivity index (χ1) is 12.3. The summed E-state index contributed by atoms with van der Waals surface area (Å²) in [6, 6.07) is 9.20. The highest BCUT2D eigenvalue weighted by Gasteiger charge is 2.23. The number of non-ortho nitro benzene ring substituents is 2. The molecular weight excluding hydrogens is 344 g/mol. The summed E-state index contributed by atoms with van der Waals surface area (Å²) in [5.41, 5.74) is 0.594. The smallest absolute Gasteiger partial charge is 0.271 e. The van der Waals surface area contributed by atoms with Crippen molar-refractivity contribution in [3.63, 3.8) is 0 Å². The second-order valence-electron chi connectivity index (χ2n) is 5.43. The fourth-order valence-electron chi connectivity index (χ4n) is 2.44. The third-order valence-electron chi connectivity index (χ3n) is 3.71. The number of benzene rings is 2. The van der Waals surface area contributed by atoms with Gasteiger partial charge in [-0.25, -0.2) is 0 Å². The molecular formula is C16H12N4O6. The molecule has 26 heavy (non-hydrogen) atoms. The lowest BCUT2D eigenvalue weighted by atomic mass is 10.1. The first-order valence-electron chi connectivity index (χ1n) is 7.35. The SMILES string of the molecule is O=C(/C=C1\Nc2ccc([N+](=O)[O-])cc2N[C@@H]1O)c1cccc([N+](=O)[O-])c1. The van der Waals surface area contributed by atoms with Crippen LogP contribution >= 0.6 is 0 Å². The molecule has 1 aliphatic heterocycles. The number of rotatable bonds is 4. The van der Waals surface area contributed by atoms with Crippen molar-refractivity contribution in [2.75, 3.05) is 10.6 Å². The van der Waals surface area contributed by atoms with Crippen molar-refractivity contribution < 1.29 is 19.7 Å². The predicted octanol–water partition coefficient (Wildman–Crippen LogP) is 2.43. The third-order valence-corrected chi connectivity index (χ3v) is 3.71. The lowest BCUT2D eigenvalue weighted by Gasteiger charge is -2.27. The zero-order valence-corrected chi connectivity index (χ0v) is 13.1. The summed E-state index contributed by atoms with van der Waals surface area (Å²) in [5.74, 6) is -0.539. The molecule has 0 radical (unpaired) electrons. The van der Waals surface area contributed by atoms with E-state index in [0.29, 0.717) is 11.4 Å². The van der Waals surface area contributed by atoms with Crippen LogP contribution in [0.2, 0.25) is 0 Å². The molecule has 3 N–H and O–H groups in total. The minimum atomic E-state index is -1.30. The van der Waals surface area contributed by atoms with Crippen molar-refractivity contribution in [3.8, 4) is 0 Å². The summed E-state index contributed by atoms with van der Waals surface area (Å²) in [6.07, 6.45) is -0.187. The Bertz CT molecular complexity index is 956. The molecule has 0 aromatic heterocycles. The van der Waals surface area contributed by atoms with Crippen LogP contribution < -0.4 is 10.6 Å². The van der Waals surface area contributed by atoms with E-state index in [9.17, 15) is 30.1 Å². The number of nitrogens with zero attached hydrogens (tertiary/aromatic N) is 2. The predicted molar refractivity (Wildman–Crippen MR) is 91.9 cm³/mol. The van der Waals surface area contributed by atoms with Crippen molar-refractivity contribution >= 4 is 28.5 Å². The van der Waals surface area contributed by atoms with E-state index in [1.54, 1.807) is 0 Å². The van der Waals surface area contributed by atoms with Gasteiger partial charge in [0.05, 0.1) is 26.9 Å². The van der Waals surface area contributed by atoms with Crippen LogP contribution in [-0.4, -0.2) is 27.0 Å². The van der Waals surface area contributed by atoms with Crippen molar-refractivity contribution in [2.24, 2.45) is 0 Å². The second kappa shape index (κ2) is 6.61. The van der Waals surface area contributed by atoms with Crippen molar-refractivity contribution in [1.29, 1.82) is 0 Å². The van der Waals surface area contributed by atoms with E-state index >= 15 is 0 Å². The average molecular weight is 356 g/mol. The quantitative estimate of drug-likeness (QED) is 0.327. The van der Waals surface area contributed by atoms with Crippen LogP contribution in [0.25, 0.3) is 0 Å². The standard InChI is InChI=1S/C16H12N4O6/c21-15(9-2-1-3-10(6-9)19(23)24)8-14-16(22)18-13-7-11(20(25)26)4-5-12(13)17-14/h1-8,16-18,22H/b14-8-/t16-/m1/s1. The molecule has 1 heterocycles. The number of ketones is 1. The van der Waals surface area contributed by atoms with Crippen LogP contribution in [0.1, 0.15) is 10.4 Å². The van der Waals surface area contributed by atoms with Crippen molar-refractivity contribution in [1.82, 2.24) is 0 Å². The van der Waals surface area contributed by atoms with Crippen LogP contribution in [0.4, 0.5) is 22.7 Å². The van der Waals surface area contributed by atoms with Crippen LogP contribution in [-0.2, 0) is 0 Å². The Kier molecular flexibility index (Phi) is 4.33. The first kappa shape index (κ1) is 17.0.